The topological polar surface area (TPSA) is 64.2 Å². The number of carbonyl (C=O) groups is 1. The average molecular weight is 352 g/mol. The number of para-hydroxylation sites is 2. The van der Waals surface area contributed by atoms with E-state index in [0.717, 1.165) is 59.9 Å². The average Bonchev–Trinajstić information content (AvgIpc) is 3.18. The van der Waals surface area contributed by atoms with Crippen LogP contribution in [-0.2, 0) is 18.3 Å². The third-order valence-electron chi connectivity index (χ3n) is 5.49. The lowest BCUT2D eigenvalue weighted by Gasteiger charge is -2.30. The highest BCUT2D eigenvalue weighted by molar-refractivity contribution is 5.79. The summed E-state index contributed by atoms with van der Waals surface area (Å²) in [6, 6.07) is 7.85. The zero-order valence-electron chi connectivity index (χ0n) is 15.5. The van der Waals surface area contributed by atoms with Crippen molar-refractivity contribution in [3.8, 4) is 0 Å². The number of hydrogen-bond donors (Lipinski definition) is 0. The Balaban J connectivity index is 1.40. The quantitative estimate of drug-likeness (QED) is 0.726. The molecular formula is C20H24N4O2. The molecule has 6 heteroatoms. The number of oxazole rings is 1. The number of amides is 1. The molecule has 26 heavy (non-hydrogen) atoms. The largest absolute Gasteiger partial charge is 0.440 e. The van der Waals surface area contributed by atoms with E-state index in [1.165, 1.54) is 0 Å². The van der Waals surface area contributed by atoms with Gasteiger partial charge in [0.1, 0.15) is 5.52 Å². The van der Waals surface area contributed by atoms with Crippen LogP contribution in [0.5, 0.6) is 0 Å². The molecule has 0 unspecified atom stereocenters. The van der Waals surface area contributed by atoms with Crippen LogP contribution < -0.4 is 0 Å². The van der Waals surface area contributed by atoms with Crippen molar-refractivity contribution < 1.29 is 9.21 Å². The Labute approximate surface area is 152 Å². The Morgan fingerprint density at radius 1 is 1.23 bits per heavy atom. The number of aryl methyl sites for hydroxylation is 2. The summed E-state index contributed by atoms with van der Waals surface area (Å²) in [5.74, 6) is 1.27. The minimum atomic E-state index is 0.181. The van der Waals surface area contributed by atoms with Crippen molar-refractivity contribution in [3.63, 3.8) is 0 Å². The standard InChI is InChI=1S/C20H24N4O2/c1-13-16(14(2)23(3)22-13)12-19(25)24-10-8-15(9-11-24)20-21-17-6-4-5-7-18(17)26-20/h4-7,15H,8-12H2,1-3H3. The van der Waals surface area contributed by atoms with Gasteiger partial charge in [-0.3, -0.25) is 9.48 Å². The van der Waals surface area contributed by atoms with E-state index in [1.54, 1.807) is 0 Å². The van der Waals surface area contributed by atoms with Gasteiger partial charge >= 0.3 is 0 Å². The summed E-state index contributed by atoms with van der Waals surface area (Å²) in [6.07, 6.45) is 2.21. The van der Waals surface area contributed by atoms with E-state index in [4.69, 9.17) is 4.42 Å². The second-order valence-corrected chi connectivity index (χ2v) is 7.12. The van der Waals surface area contributed by atoms with Gasteiger partial charge in [0.2, 0.25) is 5.91 Å². The van der Waals surface area contributed by atoms with Gasteiger partial charge < -0.3 is 9.32 Å². The molecule has 4 rings (SSSR count). The molecule has 0 N–H and O–H groups in total. The van der Waals surface area contributed by atoms with E-state index < -0.39 is 0 Å². The third-order valence-corrected chi connectivity index (χ3v) is 5.49. The molecule has 0 bridgehead atoms. The van der Waals surface area contributed by atoms with Crippen molar-refractivity contribution >= 4 is 17.0 Å². The lowest BCUT2D eigenvalue weighted by molar-refractivity contribution is -0.131. The number of carbonyl (C=O) groups excluding carboxylic acids is 1. The number of nitrogens with zero attached hydrogens (tertiary/aromatic N) is 4. The lowest BCUT2D eigenvalue weighted by atomic mass is 9.96. The second kappa shape index (κ2) is 6.59. The maximum atomic E-state index is 12.7. The van der Waals surface area contributed by atoms with Crippen LogP contribution in [0.4, 0.5) is 0 Å². The van der Waals surface area contributed by atoms with Gasteiger partial charge in [-0.1, -0.05) is 12.1 Å². The Kier molecular flexibility index (Phi) is 4.26. The molecule has 1 aliphatic heterocycles. The molecule has 136 valence electrons. The van der Waals surface area contributed by atoms with Crippen LogP contribution in [0.15, 0.2) is 28.7 Å². The highest BCUT2D eigenvalue weighted by Crippen LogP contribution is 2.30. The maximum Gasteiger partial charge on any atom is 0.227 e. The van der Waals surface area contributed by atoms with Crippen molar-refractivity contribution in [2.45, 2.75) is 39.0 Å². The molecule has 3 aromatic rings. The van der Waals surface area contributed by atoms with Crippen LogP contribution in [0, 0.1) is 13.8 Å². The smallest absolute Gasteiger partial charge is 0.227 e. The van der Waals surface area contributed by atoms with Crippen LogP contribution in [-0.4, -0.2) is 38.7 Å². The van der Waals surface area contributed by atoms with Gasteiger partial charge in [0.25, 0.3) is 0 Å². The van der Waals surface area contributed by atoms with Gasteiger partial charge in [-0.2, -0.15) is 5.10 Å². The summed E-state index contributed by atoms with van der Waals surface area (Å²) in [4.78, 5) is 19.3. The predicted octanol–water partition coefficient (Wildman–Crippen LogP) is 3.13. The number of fused-ring (bicyclic) bond motifs is 1. The molecule has 3 heterocycles. The Morgan fingerprint density at radius 2 is 1.96 bits per heavy atom. The third kappa shape index (κ3) is 3.00. The van der Waals surface area contributed by atoms with Crippen molar-refractivity contribution in [3.05, 3.63) is 47.1 Å². The molecule has 0 saturated carbocycles. The van der Waals surface area contributed by atoms with Crippen molar-refractivity contribution in [1.29, 1.82) is 0 Å². The highest BCUT2D eigenvalue weighted by atomic mass is 16.3. The van der Waals surface area contributed by atoms with E-state index in [0.29, 0.717) is 6.42 Å². The molecule has 0 radical (unpaired) electrons. The summed E-state index contributed by atoms with van der Waals surface area (Å²) < 4.78 is 7.75. The number of hydrogen-bond acceptors (Lipinski definition) is 4. The summed E-state index contributed by atoms with van der Waals surface area (Å²) in [7, 11) is 1.92. The summed E-state index contributed by atoms with van der Waals surface area (Å²) in [6.45, 7) is 5.48. The van der Waals surface area contributed by atoms with Gasteiger partial charge in [-0.05, 0) is 38.8 Å². The molecule has 1 amide bonds. The highest BCUT2D eigenvalue weighted by Gasteiger charge is 2.27. The van der Waals surface area contributed by atoms with E-state index in [9.17, 15) is 4.79 Å². The molecule has 0 aliphatic carbocycles. The van der Waals surface area contributed by atoms with Gasteiger partial charge in [0, 0.05) is 37.3 Å². The number of aromatic nitrogens is 3. The van der Waals surface area contributed by atoms with Crippen LogP contribution in [0.25, 0.3) is 11.1 Å². The first-order valence-corrected chi connectivity index (χ1v) is 9.15. The van der Waals surface area contributed by atoms with Crippen LogP contribution in [0.1, 0.15) is 41.6 Å². The first kappa shape index (κ1) is 16.8. The molecule has 6 nitrogen and oxygen atoms in total. The Hall–Kier alpha value is -2.63. The summed E-state index contributed by atoms with van der Waals surface area (Å²) in [5, 5.41) is 4.41. The zero-order chi connectivity index (χ0) is 18.3. The monoisotopic (exact) mass is 352 g/mol. The fraction of sp³-hybridized carbons (Fsp3) is 0.450. The second-order valence-electron chi connectivity index (χ2n) is 7.12. The Morgan fingerprint density at radius 3 is 2.62 bits per heavy atom. The molecule has 2 aromatic heterocycles. The Bertz CT molecular complexity index is 915. The fourth-order valence-corrected chi connectivity index (χ4v) is 3.78. The van der Waals surface area contributed by atoms with Gasteiger partial charge in [0.05, 0.1) is 12.1 Å². The first-order valence-electron chi connectivity index (χ1n) is 9.15. The van der Waals surface area contributed by atoms with E-state index >= 15 is 0 Å². The molecule has 1 fully saturated rings. The number of rotatable bonds is 3. The van der Waals surface area contributed by atoms with E-state index in [1.807, 2.05) is 54.7 Å². The number of likely N-dealkylation sites (tertiary alicyclic amines) is 1. The number of benzene rings is 1. The first-order chi connectivity index (χ1) is 12.5. The minimum Gasteiger partial charge on any atom is -0.440 e. The van der Waals surface area contributed by atoms with Gasteiger partial charge in [-0.15, -0.1) is 0 Å². The van der Waals surface area contributed by atoms with Crippen molar-refractivity contribution in [2.24, 2.45) is 7.05 Å². The van der Waals surface area contributed by atoms with Crippen LogP contribution in [0.2, 0.25) is 0 Å². The zero-order valence-corrected chi connectivity index (χ0v) is 15.5. The van der Waals surface area contributed by atoms with Crippen LogP contribution >= 0.6 is 0 Å². The fourth-order valence-electron chi connectivity index (χ4n) is 3.78. The molecule has 1 aliphatic rings. The number of piperidine rings is 1. The molecule has 1 aromatic carbocycles. The summed E-state index contributed by atoms with van der Waals surface area (Å²) in [5.41, 5.74) is 4.81. The normalized spacial score (nSPS) is 15.7. The van der Waals surface area contributed by atoms with E-state index in [2.05, 4.69) is 10.1 Å². The molecule has 1 saturated heterocycles. The predicted molar refractivity (Wildman–Crippen MR) is 99.0 cm³/mol. The van der Waals surface area contributed by atoms with Crippen LogP contribution in [0.3, 0.4) is 0 Å². The maximum absolute atomic E-state index is 12.7. The van der Waals surface area contributed by atoms with E-state index in [-0.39, 0.29) is 11.8 Å². The van der Waals surface area contributed by atoms with Crippen molar-refractivity contribution in [1.82, 2.24) is 19.7 Å². The molecule has 0 spiro atoms. The summed E-state index contributed by atoms with van der Waals surface area (Å²) >= 11 is 0. The van der Waals surface area contributed by atoms with Crippen molar-refractivity contribution in [2.75, 3.05) is 13.1 Å². The molecule has 0 atom stereocenters. The minimum absolute atomic E-state index is 0.181. The lowest BCUT2D eigenvalue weighted by Crippen LogP contribution is -2.39. The molecular weight excluding hydrogens is 328 g/mol. The SMILES string of the molecule is Cc1nn(C)c(C)c1CC(=O)N1CCC(c2nc3ccccc3o2)CC1. The van der Waals surface area contributed by atoms with Gasteiger partial charge in [-0.25, -0.2) is 4.98 Å². The van der Waals surface area contributed by atoms with Gasteiger partial charge in [0.15, 0.2) is 11.5 Å².